The molecule has 10 heteroatoms. The fourth-order valence-corrected chi connectivity index (χ4v) is 3.94. The highest BCUT2D eigenvalue weighted by Gasteiger charge is 2.28. The lowest BCUT2D eigenvalue weighted by Gasteiger charge is -2.27. The Hall–Kier alpha value is -2.56. The zero-order chi connectivity index (χ0) is 23.3. The third-order valence-corrected chi connectivity index (χ3v) is 5.81. The van der Waals surface area contributed by atoms with Gasteiger partial charge in [-0.15, -0.1) is 5.10 Å². The third kappa shape index (κ3) is 5.81. The van der Waals surface area contributed by atoms with E-state index in [9.17, 15) is 15.0 Å². The Balaban J connectivity index is 1.70. The number of hydrogen-bond acceptors (Lipinski definition) is 8. The van der Waals surface area contributed by atoms with E-state index in [4.69, 9.17) is 9.47 Å². The van der Waals surface area contributed by atoms with Crippen LogP contribution in [-0.4, -0.2) is 67.2 Å². The number of aromatic nitrogens is 4. The first kappa shape index (κ1) is 24.1. The molecule has 1 aliphatic carbocycles. The van der Waals surface area contributed by atoms with Gasteiger partial charge in [-0.25, -0.2) is 9.67 Å². The highest BCUT2D eigenvalue weighted by molar-refractivity contribution is 5.70. The van der Waals surface area contributed by atoms with E-state index >= 15 is 0 Å². The van der Waals surface area contributed by atoms with Crippen molar-refractivity contribution in [2.24, 2.45) is 13.0 Å². The van der Waals surface area contributed by atoms with Crippen LogP contribution in [0, 0.1) is 12.8 Å². The molecule has 176 valence electrons. The molecule has 1 fully saturated rings. The van der Waals surface area contributed by atoms with Crippen molar-refractivity contribution in [1.82, 2.24) is 24.9 Å². The van der Waals surface area contributed by atoms with Crippen molar-refractivity contribution in [3.8, 4) is 17.1 Å². The molecule has 1 saturated carbocycles. The van der Waals surface area contributed by atoms with Crippen molar-refractivity contribution in [2.75, 3.05) is 13.6 Å². The van der Waals surface area contributed by atoms with E-state index in [2.05, 4.69) is 15.3 Å². The lowest BCUT2D eigenvalue weighted by molar-refractivity contribution is -0.192. The summed E-state index contributed by atoms with van der Waals surface area (Å²) in [5.41, 5.74) is 2.60. The first-order valence-corrected chi connectivity index (χ1v) is 11.1. The number of rotatable bonds is 10. The summed E-state index contributed by atoms with van der Waals surface area (Å²) < 4.78 is 13.3. The maximum Gasteiger partial charge on any atom is 0.306 e. The van der Waals surface area contributed by atoms with Crippen LogP contribution >= 0.6 is 0 Å². The first-order chi connectivity index (χ1) is 15.3. The molecule has 32 heavy (non-hydrogen) atoms. The van der Waals surface area contributed by atoms with Crippen molar-refractivity contribution in [3.63, 3.8) is 0 Å². The highest BCUT2D eigenvalue weighted by Crippen LogP contribution is 2.30. The molecule has 0 aliphatic heterocycles. The molecule has 3 atom stereocenters. The number of carboxylic acid groups (broad SMARTS) is 1. The largest absolute Gasteiger partial charge is 0.489 e. The Kier molecular flexibility index (Phi) is 8.16. The fourth-order valence-electron chi connectivity index (χ4n) is 3.94. The molecular weight excluding hydrogens is 414 g/mol. The summed E-state index contributed by atoms with van der Waals surface area (Å²) in [6.07, 6.45) is 2.65. The lowest BCUT2D eigenvalue weighted by Crippen LogP contribution is -2.34. The van der Waals surface area contributed by atoms with Gasteiger partial charge < -0.3 is 19.7 Å². The molecule has 0 aromatic carbocycles. The Bertz CT molecular complexity index is 918. The molecule has 3 rings (SSSR count). The summed E-state index contributed by atoms with van der Waals surface area (Å²) in [5.74, 6) is -0.467. The van der Waals surface area contributed by atoms with Crippen LogP contribution in [0.3, 0.4) is 0 Å². The fraction of sp³-hybridized carbons (Fsp3) is 0.636. The van der Waals surface area contributed by atoms with Gasteiger partial charge in [0.25, 0.3) is 0 Å². The van der Waals surface area contributed by atoms with E-state index in [1.807, 2.05) is 26.0 Å². The molecule has 0 amide bonds. The average molecular weight is 448 g/mol. The van der Waals surface area contributed by atoms with Gasteiger partial charge in [-0.1, -0.05) is 12.1 Å². The van der Waals surface area contributed by atoms with E-state index in [-0.39, 0.29) is 18.6 Å². The zero-order valence-corrected chi connectivity index (χ0v) is 19.2. The molecule has 0 spiro atoms. The van der Waals surface area contributed by atoms with E-state index in [1.54, 1.807) is 23.7 Å². The van der Waals surface area contributed by atoms with Crippen LogP contribution in [0.25, 0.3) is 11.4 Å². The van der Waals surface area contributed by atoms with Gasteiger partial charge >= 0.3 is 5.97 Å². The first-order valence-electron chi connectivity index (χ1n) is 11.1. The minimum absolute atomic E-state index is 0.127. The summed E-state index contributed by atoms with van der Waals surface area (Å²) in [7, 11) is 3.56. The van der Waals surface area contributed by atoms with Crippen LogP contribution in [0.15, 0.2) is 12.1 Å². The van der Waals surface area contributed by atoms with E-state index in [0.717, 1.165) is 19.3 Å². The van der Waals surface area contributed by atoms with Crippen LogP contribution in [0.1, 0.15) is 50.4 Å². The molecule has 0 bridgehead atoms. The normalized spacial score (nSPS) is 19.8. The quantitative estimate of drug-likeness (QED) is 0.528. The Morgan fingerprint density at radius 1 is 1.38 bits per heavy atom. The molecule has 1 unspecified atom stereocenters. The molecule has 10 nitrogen and oxygen atoms in total. The Morgan fingerprint density at radius 2 is 2.16 bits per heavy atom. The van der Waals surface area contributed by atoms with Crippen LogP contribution in [-0.2, 0) is 23.2 Å². The van der Waals surface area contributed by atoms with Gasteiger partial charge in [0, 0.05) is 13.6 Å². The smallest absolute Gasteiger partial charge is 0.306 e. The number of hydrogen-bond donors (Lipinski definition) is 2. The van der Waals surface area contributed by atoms with Crippen molar-refractivity contribution in [2.45, 2.75) is 65.1 Å². The third-order valence-electron chi connectivity index (χ3n) is 5.81. The number of aliphatic hydroxyl groups excluding tert-OH is 1. The Morgan fingerprint density at radius 3 is 2.84 bits per heavy atom. The van der Waals surface area contributed by atoms with Gasteiger partial charge in [-0.05, 0) is 58.2 Å². The summed E-state index contributed by atoms with van der Waals surface area (Å²) >= 11 is 0. The molecule has 0 saturated heterocycles. The van der Waals surface area contributed by atoms with Gasteiger partial charge in [0.1, 0.15) is 11.4 Å². The molecule has 1 aliphatic rings. The summed E-state index contributed by atoms with van der Waals surface area (Å²) in [6, 6.07) is 3.65. The van der Waals surface area contributed by atoms with Crippen molar-refractivity contribution >= 4 is 5.97 Å². The molecule has 2 heterocycles. The van der Waals surface area contributed by atoms with E-state index in [0.29, 0.717) is 47.9 Å². The summed E-state index contributed by atoms with van der Waals surface area (Å²) in [6.45, 7) is 4.73. The van der Waals surface area contributed by atoms with Gasteiger partial charge in [0.05, 0.1) is 35.7 Å². The summed E-state index contributed by atoms with van der Waals surface area (Å²) in [5, 5.41) is 27.8. The van der Waals surface area contributed by atoms with Gasteiger partial charge in [0.15, 0.2) is 0 Å². The van der Waals surface area contributed by atoms with Crippen LogP contribution in [0.2, 0.25) is 0 Å². The second-order valence-electron chi connectivity index (χ2n) is 8.35. The number of pyridine rings is 1. The highest BCUT2D eigenvalue weighted by atomic mass is 16.6. The molecule has 2 aromatic heterocycles. The Labute approximate surface area is 188 Å². The maximum absolute atomic E-state index is 11.3. The molecular formula is C22H33N5O5. The van der Waals surface area contributed by atoms with Crippen molar-refractivity contribution < 1.29 is 24.5 Å². The number of aliphatic hydroxyl groups is 1. The molecule has 0 radical (unpaired) electrons. The monoisotopic (exact) mass is 447 g/mol. The summed E-state index contributed by atoms with van der Waals surface area (Å²) in [4.78, 5) is 17.7. The van der Waals surface area contributed by atoms with Gasteiger partial charge in [-0.3, -0.25) is 9.69 Å². The van der Waals surface area contributed by atoms with Crippen molar-refractivity contribution in [3.05, 3.63) is 23.5 Å². The van der Waals surface area contributed by atoms with Crippen LogP contribution < -0.4 is 4.74 Å². The number of aryl methyl sites for hydroxylation is 2. The van der Waals surface area contributed by atoms with Crippen molar-refractivity contribution in [1.29, 1.82) is 0 Å². The van der Waals surface area contributed by atoms with E-state index in [1.165, 1.54) is 0 Å². The number of carbonyl (C=O) groups is 1. The number of nitrogens with zero attached hydrogens (tertiary/aromatic N) is 5. The second kappa shape index (κ2) is 10.8. The predicted molar refractivity (Wildman–Crippen MR) is 117 cm³/mol. The lowest BCUT2D eigenvalue weighted by atomic mass is 9.87. The predicted octanol–water partition coefficient (Wildman–Crippen LogP) is 2.34. The number of aliphatic carboxylic acids is 1. The number of ether oxygens (including phenoxy) is 2. The van der Waals surface area contributed by atoms with E-state index < -0.39 is 12.4 Å². The molecule has 2 aromatic rings. The van der Waals surface area contributed by atoms with Crippen LogP contribution in [0.4, 0.5) is 0 Å². The second-order valence-corrected chi connectivity index (χ2v) is 8.35. The van der Waals surface area contributed by atoms with Gasteiger partial charge in [0.2, 0.25) is 6.41 Å². The maximum atomic E-state index is 11.3. The standard InChI is InChI=1S/C22H33N5O5/c1-5-11-26(3)22(30)31-13-18-20(24-25-27(18)4)17-9-10-19(14(2)23-17)32-16-8-6-7-15(12-16)21(28)29/h9-10,15-16,22,30H,5-8,11-13H2,1-4H3,(H,28,29)/t15-,16-,22?/m0/s1. The van der Waals surface area contributed by atoms with Gasteiger partial charge in [-0.2, -0.15) is 0 Å². The zero-order valence-electron chi connectivity index (χ0n) is 19.2. The minimum Gasteiger partial charge on any atom is -0.489 e. The molecule has 2 N–H and O–H groups in total. The SMILES string of the molecule is CCCN(C)C(O)OCc1c(-c2ccc(O[C@H]3CCC[C@H](C(=O)O)C3)c(C)n2)nnn1C. The van der Waals surface area contributed by atoms with Crippen LogP contribution in [0.5, 0.6) is 5.75 Å². The number of carboxylic acids is 1. The average Bonchev–Trinajstić information content (AvgIpc) is 3.14. The minimum atomic E-state index is -1.02. The topological polar surface area (TPSA) is 123 Å².